The van der Waals surface area contributed by atoms with Crippen LogP contribution in [0.4, 0.5) is 0 Å². The maximum Gasteiger partial charge on any atom is 0.0993 e. The highest BCUT2D eigenvalue weighted by Crippen LogP contribution is 2.45. The SMILES string of the molecule is Cc1ccc(-c2ccc3c(c2)c2cc(-c4ccc(C)cc4)ccc2n3-c2cc(C#N)cc(-n3c4ccc(-c5ccc(C)cc5)cc4c4cc(-c5ccc(C)cc5)ccc43)c2-c2cccc(C#N)c2)cc1. The lowest BCUT2D eigenvalue weighted by atomic mass is 9.96. The van der Waals surface area contributed by atoms with Gasteiger partial charge in [-0.05, 0) is 151 Å². The van der Waals surface area contributed by atoms with Gasteiger partial charge in [0.1, 0.15) is 0 Å². The predicted molar refractivity (Wildman–Crippen MR) is 291 cm³/mol. The Morgan fingerprint density at radius 2 is 0.586 bits per heavy atom. The maximum atomic E-state index is 11.1. The summed E-state index contributed by atoms with van der Waals surface area (Å²) in [6.07, 6.45) is 0. The Morgan fingerprint density at radius 1 is 0.286 bits per heavy atom. The molecule has 12 rings (SSSR count). The number of fused-ring (bicyclic) bond motifs is 6. The number of nitriles is 2. The molecule has 0 amide bonds. The molecule has 4 heteroatoms. The molecular weight excluding hydrogens is 849 g/mol. The Labute approximate surface area is 407 Å². The second-order valence-electron chi connectivity index (χ2n) is 18.8. The van der Waals surface area contributed by atoms with Crippen molar-refractivity contribution >= 4 is 43.6 Å². The number of benzene rings is 10. The van der Waals surface area contributed by atoms with E-state index in [9.17, 15) is 10.5 Å². The smallest absolute Gasteiger partial charge is 0.0993 e. The first-order chi connectivity index (χ1) is 34.2. The molecule has 0 spiro atoms. The van der Waals surface area contributed by atoms with Crippen LogP contribution in [0.1, 0.15) is 33.4 Å². The van der Waals surface area contributed by atoms with Gasteiger partial charge in [-0.1, -0.05) is 156 Å². The van der Waals surface area contributed by atoms with E-state index in [4.69, 9.17) is 0 Å². The van der Waals surface area contributed by atoms with Crippen LogP contribution >= 0.6 is 0 Å². The van der Waals surface area contributed by atoms with Crippen LogP contribution in [0, 0.1) is 50.4 Å². The van der Waals surface area contributed by atoms with Crippen molar-refractivity contribution in [3.8, 4) is 79.1 Å². The fraction of sp³-hybridized carbons (Fsp3) is 0.0606. The van der Waals surface area contributed by atoms with Gasteiger partial charge in [0.15, 0.2) is 0 Å². The van der Waals surface area contributed by atoms with E-state index in [0.29, 0.717) is 11.1 Å². The fourth-order valence-electron chi connectivity index (χ4n) is 10.3. The molecule has 70 heavy (non-hydrogen) atoms. The Morgan fingerprint density at radius 3 is 0.886 bits per heavy atom. The summed E-state index contributed by atoms with van der Waals surface area (Å²) in [5, 5.41) is 25.9. The standard InChI is InChI=1S/C66H46N4/c1-41-8-16-47(17-9-41)51-24-28-60-56(35-51)57-36-52(48-18-10-42(2)11-19-48)25-29-61(57)69(60)64-33-46(40-68)34-65(66(64)55-7-5-6-45(32-55)39-67)70-62-30-26-53(49-20-12-43(3)13-21-49)37-58(62)59-38-54(27-31-63(59)70)50-22-14-44(4)15-23-50/h5-38H,1-4H3. The number of nitrogens with zero attached hydrogens (tertiary/aromatic N) is 4. The highest BCUT2D eigenvalue weighted by Gasteiger charge is 2.25. The van der Waals surface area contributed by atoms with Gasteiger partial charge in [-0.3, -0.25) is 0 Å². The summed E-state index contributed by atoms with van der Waals surface area (Å²) < 4.78 is 4.67. The van der Waals surface area contributed by atoms with E-state index in [0.717, 1.165) is 111 Å². The van der Waals surface area contributed by atoms with E-state index in [1.165, 1.54) is 22.3 Å². The molecule has 0 bridgehead atoms. The van der Waals surface area contributed by atoms with Gasteiger partial charge >= 0.3 is 0 Å². The molecule has 0 aliphatic heterocycles. The van der Waals surface area contributed by atoms with E-state index >= 15 is 0 Å². The van der Waals surface area contributed by atoms with Crippen LogP contribution < -0.4 is 0 Å². The predicted octanol–water partition coefficient (Wildman–Crippen LogP) is 17.2. The van der Waals surface area contributed by atoms with Crippen LogP contribution in [-0.4, -0.2) is 9.13 Å². The number of hydrogen-bond donors (Lipinski definition) is 0. The van der Waals surface area contributed by atoms with Crippen LogP contribution in [0.5, 0.6) is 0 Å². The van der Waals surface area contributed by atoms with E-state index in [2.05, 4.69) is 225 Å². The van der Waals surface area contributed by atoms with Crippen LogP contribution in [0.25, 0.3) is 111 Å². The van der Waals surface area contributed by atoms with Gasteiger partial charge in [-0.15, -0.1) is 0 Å². The van der Waals surface area contributed by atoms with Gasteiger partial charge in [-0.2, -0.15) is 10.5 Å². The lowest BCUT2D eigenvalue weighted by Crippen LogP contribution is -2.05. The van der Waals surface area contributed by atoms with Gasteiger partial charge in [-0.25, -0.2) is 0 Å². The van der Waals surface area contributed by atoms with Crippen molar-refractivity contribution in [2.24, 2.45) is 0 Å². The molecule has 0 radical (unpaired) electrons. The molecule has 0 saturated carbocycles. The van der Waals surface area contributed by atoms with Gasteiger partial charge < -0.3 is 9.13 Å². The second kappa shape index (κ2) is 16.8. The molecule has 0 aliphatic carbocycles. The summed E-state index contributed by atoms with van der Waals surface area (Å²) in [5.41, 5.74) is 22.5. The molecule has 2 aromatic heterocycles. The molecule has 2 heterocycles. The van der Waals surface area contributed by atoms with Gasteiger partial charge in [0.2, 0.25) is 0 Å². The number of rotatable bonds is 7. The monoisotopic (exact) mass is 894 g/mol. The Kier molecular flexibility index (Phi) is 10.1. The fourth-order valence-corrected chi connectivity index (χ4v) is 10.3. The zero-order valence-corrected chi connectivity index (χ0v) is 39.4. The van der Waals surface area contributed by atoms with Crippen LogP contribution in [0.15, 0.2) is 206 Å². The van der Waals surface area contributed by atoms with Gasteiger partial charge in [0.25, 0.3) is 0 Å². The summed E-state index contributed by atoms with van der Waals surface area (Å²) in [6.45, 7) is 8.47. The van der Waals surface area contributed by atoms with Crippen molar-refractivity contribution in [1.82, 2.24) is 9.13 Å². The quantitative estimate of drug-likeness (QED) is 0.160. The minimum atomic E-state index is 0.523. The number of aryl methyl sites for hydroxylation is 4. The molecule has 12 aromatic rings. The summed E-state index contributed by atoms with van der Waals surface area (Å²) in [7, 11) is 0. The number of aromatic nitrogens is 2. The van der Waals surface area contributed by atoms with E-state index in [-0.39, 0.29) is 0 Å². The molecule has 0 fully saturated rings. The summed E-state index contributed by atoms with van der Waals surface area (Å²) in [5.74, 6) is 0. The highest BCUT2D eigenvalue weighted by atomic mass is 15.0. The molecule has 0 saturated heterocycles. The third-order valence-electron chi connectivity index (χ3n) is 14.1. The largest absolute Gasteiger partial charge is 0.308 e. The van der Waals surface area contributed by atoms with Gasteiger partial charge in [0, 0.05) is 27.1 Å². The van der Waals surface area contributed by atoms with Crippen molar-refractivity contribution in [2.45, 2.75) is 27.7 Å². The van der Waals surface area contributed by atoms with Crippen LogP contribution in [0.2, 0.25) is 0 Å². The molecule has 0 N–H and O–H groups in total. The van der Waals surface area contributed by atoms with Crippen LogP contribution in [0.3, 0.4) is 0 Å². The first kappa shape index (κ1) is 42.2. The zero-order valence-electron chi connectivity index (χ0n) is 39.4. The lowest BCUT2D eigenvalue weighted by molar-refractivity contribution is 1.13. The zero-order chi connectivity index (χ0) is 47.6. The minimum absolute atomic E-state index is 0.523. The average Bonchev–Trinajstić information content (AvgIpc) is 3.90. The Hall–Kier alpha value is -9.22. The highest BCUT2D eigenvalue weighted by molar-refractivity contribution is 6.14. The average molecular weight is 895 g/mol. The second-order valence-corrected chi connectivity index (χ2v) is 18.8. The van der Waals surface area contributed by atoms with Crippen molar-refractivity contribution in [3.63, 3.8) is 0 Å². The molecule has 0 atom stereocenters. The Balaban J connectivity index is 1.19. The third-order valence-corrected chi connectivity index (χ3v) is 14.1. The van der Waals surface area contributed by atoms with Crippen molar-refractivity contribution < 1.29 is 0 Å². The Bertz CT molecular complexity index is 3690. The van der Waals surface area contributed by atoms with Gasteiger partial charge in [0.05, 0.1) is 56.7 Å². The summed E-state index contributed by atoms with van der Waals surface area (Å²) >= 11 is 0. The molecule has 330 valence electrons. The first-order valence-electron chi connectivity index (χ1n) is 23.8. The first-order valence-corrected chi connectivity index (χ1v) is 23.8. The third kappa shape index (κ3) is 7.23. The lowest BCUT2D eigenvalue weighted by Gasteiger charge is -2.21. The topological polar surface area (TPSA) is 57.4 Å². The van der Waals surface area contributed by atoms with Crippen molar-refractivity contribution in [2.75, 3.05) is 0 Å². The van der Waals surface area contributed by atoms with Crippen molar-refractivity contribution in [1.29, 1.82) is 10.5 Å². The summed E-state index contributed by atoms with van der Waals surface area (Å²) in [4.78, 5) is 0. The van der Waals surface area contributed by atoms with E-state index < -0.39 is 0 Å². The molecule has 0 unspecified atom stereocenters. The van der Waals surface area contributed by atoms with E-state index in [1.807, 2.05) is 30.3 Å². The minimum Gasteiger partial charge on any atom is -0.308 e. The van der Waals surface area contributed by atoms with E-state index in [1.54, 1.807) is 0 Å². The molecule has 0 aliphatic rings. The molecular formula is C66H46N4. The number of hydrogen-bond acceptors (Lipinski definition) is 2. The van der Waals surface area contributed by atoms with Crippen molar-refractivity contribution in [3.05, 3.63) is 240 Å². The van der Waals surface area contributed by atoms with Crippen LogP contribution in [-0.2, 0) is 0 Å². The normalized spacial score (nSPS) is 11.4. The summed E-state index contributed by atoms with van der Waals surface area (Å²) in [6, 6.07) is 78.7. The molecule has 10 aromatic carbocycles. The maximum absolute atomic E-state index is 11.1. The molecule has 4 nitrogen and oxygen atoms in total.